The van der Waals surface area contributed by atoms with E-state index in [4.69, 9.17) is 9.47 Å². The van der Waals surface area contributed by atoms with Crippen molar-refractivity contribution in [3.05, 3.63) is 23.3 Å². The van der Waals surface area contributed by atoms with Gasteiger partial charge in [-0.3, -0.25) is 19.2 Å². The fraction of sp³-hybridized carbons (Fsp3) is 0.826. The van der Waals surface area contributed by atoms with Crippen molar-refractivity contribution in [2.75, 3.05) is 0 Å². The topological polar surface area (TPSA) is 86.7 Å². The monoisotopic (exact) mass is 778 g/mol. The van der Waals surface area contributed by atoms with Crippen LogP contribution in [0.3, 0.4) is 0 Å². The van der Waals surface area contributed by atoms with Crippen LogP contribution in [-0.2, 0) is 28.7 Å². The molecule has 298 valence electrons. The molecule has 0 bridgehead atoms. The van der Waals surface area contributed by atoms with Crippen LogP contribution in [-0.4, -0.2) is 46.2 Å². The van der Waals surface area contributed by atoms with Crippen LogP contribution in [0.5, 0.6) is 0 Å². The van der Waals surface area contributed by atoms with Crippen LogP contribution in [0.4, 0.5) is 0 Å². The third-order valence-corrected chi connectivity index (χ3v) is 21.3. The first-order valence-corrected chi connectivity index (χ1v) is 23.8. The summed E-state index contributed by atoms with van der Waals surface area (Å²) in [5.74, 6) is 3.95. The third-order valence-electron chi connectivity index (χ3n) is 18.0. The van der Waals surface area contributed by atoms with Gasteiger partial charge >= 0.3 is 11.9 Å². The summed E-state index contributed by atoms with van der Waals surface area (Å²) in [6, 6.07) is 0. The van der Waals surface area contributed by atoms with Crippen LogP contribution in [0.1, 0.15) is 145 Å². The maximum absolute atomic E-state index is 13.7. The van der Waals surface area contributed by atoms with Gasteiger partial charge in [-0.05, 0) is 148 Å². The number of fused-ring (bicyclic) bond motifs is 10. The summed E-state index contributed by atoms with van der Waals surface area (Å²) < 4.78 is 11.4. The molecule has 0 amide bonds. The molecule has 0 N–H and O–H groups in total. The summed E-state index contributed by atoms with van der Waals surface area (Å²) >= 11 is 0. The number of hydrogen-bond donors (Lipinski definition) is 0. The van der Waals surface area contributed by atoms with Gasteiger partial charge in [0.25, 0.3) is 0 Å². The molecule has 0 unspecified atom stereocenters. The molecule has 6 nitrogen and oxygen atoms in total. The van der Waals surface area contributed by atoms with Crippen LogP contribution in [0.15, 0.2) is 23.3 Å². The predicted octanol–water partition coefficient (Wildman–Crippen LogP) is 10.5. The molecular formula is C46H66O6S2. The Hall–Kier alpha value is -1.54. The molecular weight excluding hydrogens is 713 g/mol. The van der Waals surface area contributed by atoms with Crippen LogP contribution in [0.25, 0.3) is 0 Å². The Morgan fingerprint density at radius 1 is 0.574 bits per heavy atom. The number of carbonyl (C=O) groups is 4. The Morgan fingerprint density at radius 2 is 0.963 bits per heavy atom. The lowest BCUT2D eigenvalue weighted by Crippen LogP contribution is -2.51. The highest BCUT2D eigenvalue weighted by atomic mass is 33.1. The number of rotatable bonds is 7. The summed E-state index contributed by atoms with van der Waals surface area (Å²) in [4.78, 5) is 51.0. The lowest BCUT2D eigenvalue weighted by atomic mass is 9.47. The molecule has 8 heteroatoms. The number of esters is 2. The van der Waals surface area contributed by atoms with Crippen molar-refractivity contribution in [2.45, 2.75) is 168 Å². The van der Waals surface area contributed by atoms with E-state index in [0.717, 1.165) is 77.0 Å². The highest BCUT2D eigenvalue weighted by Crippen LogP contribution is 2.71. The van der Waals surface area contributed by atoms with Crippen molar-refractivity contribution in [3.8, 4) is 0 Å². The SMILES string of the molecule is CC(=O)O[C@@H]1CC[C@@]2(C)C(=CC[C@H]3[C@H]4C[C@@H](SS[C@H]5C[C@@H]6[C@@H]7CC=C8C[C@H](OC(C)=O)CC[C@@]8(C)[C@H]7CC[C@@]6(C)[C@H]5C(C)=O)[C@@H](C(C)=O)[C@@]4(C)CC[C@H]32)C1. The molecule has 0 radical (unpaired) electrons. The molecule has 8 rings (SSSR count). The second-order valence-electron chi connectivity index (χ2n) is 20.5. The summed E-state index contributed by atoms with van der Waals surface area (Å²) in [5, 5.41) is 0.558. The Balaban J connectivity index is 0.995. The van der Waals surface area contributed by atoms with Crippen LogP contribution >= 0.6 is 21.6 Å². The summed E-state index contributed by atoms with van der Waals surface area (Å²) in [5.41, 5.74) is 3.36. The molecule has 0 aromatic rings. The second kappa shape index (κ2) is 14.1. The Labute approximate surface area is 332 Å². The first-order valence-electron chi connectivity index (χ1n) is 21.6. The zero-order valence-electron chi connectivity index (χ0n) is 34.2. The molecule has 0 aromatic heterocycles. The van der Waals surface area contributed by atoms with Crippen molar-refractivity contribution in [2.24, 2.45) is 69.0 Å². The van der Waals surface area contributed by atoms with Gasteiger partial charge in [0.15, 0.2) is 0 Å². The summed E-state index contributed by atoms with van der Waals surface area (Å²) in [6.45, 7) is 16.7. The van der Waals surface area contributed by atoms with E-state index < -0.39 is 0 Å². The van der Waals surface area contributed by atoms with Crippen molar-refractivity contribution in [1.82, 2.24) is 0 Å². The number of ketones is 2. The molecule has 16 atom stereocenters. The molecule has 6 fully saturated rings. The second-order valence-corrected chi connectivity index (χ2v) is 23.2. The van der Waals surface area contributed by atoms with Crippen LogP contribution in [0.2, 0.25) is 0 Å². The molecule has 8 aliphatic carbocycles. The fourth-order valence-corrected chi connectivity index (χ4v) is 19.8. The van der Waals surface area contributed by atoms with Crippen molar-refractivity contribution < 1.29 is 28.7 Å². The molecule has 0 heterocycles. The highest BCUT2D eigenvalue weighted by Gasteiger charge is 2.65. The van der Waals surface area contributed by atoms with Crippen LogP contribution < -0.4 is 0 Å². The van der Waals surface area contributed by atoms with Crippen molar-refractivity contribution in [3.63, 3.8) is 0 Å². The van der Waals surface area contributed by atoms with Gasteiger partial charge in [0, 0.05) is 49.0 Å². The Bertz CT molecular complexity index is 1520. The van der Waals surface area contributed by atoms with Gasteiger partial charge in [-0.25, -0.2) is 0 Å². The van der Waals surface area contributed by atoms with E-state index in [2.05, 4.69) is 39.8 Å². The Morgan fingerprint density at radius 3 is 1.31 bits per heavy atom. The average molecular weight is 779 g/mol. The fourth-order valence-electron chi connectivity index (χ4n) is 15.7. The zero-order chi connectivity index (χ0) is 38.5. The number of Topliss-reactive ketones (excluding diaryl/α,β-unsaturated/α-hetero) is 2. The number of ether oxygens (including phenoxy) is 2. The standard InChI is InChI=1S/C46H66O6S2/c1-25(47)41-39(23-37-33-11-9-29-21-31(51-27(3)49)13-17-43(29,5)35(33)15-19-45(37,41)7)53-54-40-24-38-34-12-10-30-22-32(52-28(4)50)14-18-44(30,6)36(34)16-20-46(38,8)42(40)26(2)48/h9-10,31-42H,11-24H2,1-8H3/t31-,32-,33-,34-,35-,36+,37-,38-,39-,40+,41-,42+,43+,44-,45+,46-/m1/s1. The van der Waals surface area contributed by atoms with E-state index in [0.29, 0.717) is 47.1 Å². The van der Waals surface area contributed by atoms with Gasteiger partial charge in [0.1, 0.15) is 23.8 Å². The molecule has 0 aliphatic heterocycles. The number of hydrogen-bond acceptors (Lipinski definition) is 8. The lowest BCUT2D eigenvalue weighted by molar-refractivity contribution is -0.149. The lowest BCUT2D eigenvalue weighted by Gasteiger charge is -2.58. The van der Waals surface area contributed by atoms with Gasteiger partial charge in [0.05, 0.1) is 0 Å². The van der Waals surface area contributed by atoms with Gasteiger partial charge in [-0.15, -0.1) is 0 Å². The Kier molecular flexibility index (Phi) is 10.2. The first-order chi connectivity index (χ1) is 25.5. The van der Waals surface area contributed by atoms with E-state index in [-0.39, 0.29) is 68.1 Å². The van der Waals surface area contributed by atoms with Gasteiger partial charge in [-0.1, -0.05) is 72.6 Å². The van der Waals surface area contributed by atoms with Gasteiger partial charge in [0.2, 0.25) is 0 Å². The van der Waals surface area contributed by atoms with E-state index >= 15 is 0 Å². The summed E-state index contributed by atoms with van der Waals surface area (Å²) in [7, 11) is 3.99. The molecule has 0 aromatic carbocycles. The normalized spacial score (nSPS) is 49.0. The first kappa shape index (κ1) is 39.3. The minimum atomic E-state index is -0.173. The smallest absolute Gasteiger partial charge is 0.302 e. The summed E-state index contributed by atoms with van der Waals surface area (Å²) in [6.07, 6.45) is 19.8. The van der Waals surface area contributed by atoms with E-state index in [1.54, 1.807) is 0 Å². The minimum Gasteiger partial charge on any atom is -0.462 e. The molecule has 8 aliphatic rings. The maximum atomic E-state index is 13.7. The third kappa shape index (κ3) is 6.17. The number of allylic oxidation sites excluding steroid dienone is 2. The largest absolute Gasteiger partial charge is 0.462 e. The maximum Gasteiger partial charge on any atom is 0.302 e. The molecule has 6 saturated carbocycles. The average Bonchev–Trinajstić information content (AvgIpc) is 3.57. The van der Waals surface area contributed by atoms with Crippen molar-refractivity contribution in [1.29, 1.82) is 0 Å². The van der Waals surface area contributed by atoms with E-state index in [1.807, 2.05) is 35.4 Å². The minimum absolute atomic E-state index is 0.00821. The van der Waals surface area contributed by atoms with Gasteiger partial charge < -0.3 is 9.47 Å². The highest BCUT2D eigenvalue weighted by molar-refractivity contribution is 8.77. The zero-order valence-corrected chi connectivity index (χ0v) is 35.9. The molecule has 0 saturated heterocycles. The van der Waals surface area contributed by atoms with Crippen molar-refractivity contribution >= 4 is 45.1 Å². The number of carbonyl (C=O) groups excluding carboxylic acids is 4. The molecule has 54 heavy (non-hydrogen) atoms. The van der Waals surface area contributed by atoms with Gasteiger partial charge in [-0.2, -0.15) is 0 Å². The quantitative estimate of drug-likeness (QED) is 0.143. The predicted molar refractivity (Wildman–Crippen MR) is 216 cm³/mol. The van der Waals surface area contributed by atoms with Crippen LogP contribution in [0, 0.1) is 69.0 Å². The molecule has 0 spiro atoms. The van der Waals surface area contributed by atoms with E-state index in [9.17, 15) is 19.2 Å². The van der Waals surface area contributed by atoms with E-state index in [1.165, 1.54) is 37.8 Å².